The van der Waals surface area contributed by atoms with E-state index in [-0.39, 0.29) is 6.04 Å². The minimum Gasteiger partial charge on any atom is -0.423 e. The van der Waals surface area contributed by atoms with Crippen LogP contribution in [0.1, 0.15) is 17.2 Å². The van der Waals surface area contributed by atoms with Gasteiger partial charge in [-0.25, -0.2) is 0 Å². The Morgan fingerprint density at radius 1 is 0.586 bits per heavy atom. The number of benzene rings is 4. The Kier molecular flexibility index (Phi) is 4.43. The van der Waals surface area contributed by atoms with Crippen LogP contribution >= 0.6 is 0 Å². The van der Waals surface area contributed by atoms with Gasteiger partial charge in [-0.2, -0.15) is 0 Å². The van der Waals surface area contributed by atoms with Gasteiger partial charge in [0, 0.05) is 16.8 Å². The molecule has 4 aromatic carbocycles. The zero-order valence-corrected chi connectivity index (χ0v) is 15.8. The van der Waals surface area contributed by atoms with Crippen molar-refractivity contribution >= 4 is 24.0 Å². The summed E-state index contributed by atoms with van der Waals surface area (Å²) in [6.45, 7) is 0. The second-order valence-corrected chi connectivity index (χ2v) is 7.22. The van der Waals surface area contributed by atoms with Crippen molar-refractivity contribution in [2.45, 2.75) is 6.04 Å². The van der Waals surface area contributed by atoms with Gasteiger partial charge in [0.05, 0.1) is 6.04 Å². The van der Waals surface area contributed by atoms with Gasteiger partial charge in [0.25, 0.3) is 0 Å². The van der Waals surface area contributed by atoms with Crippen LogP contribution in [-0.4, -0.2) is 17.2 Å². The molecule has 3 nitrogen and oxygen atoms in total. The summed E-state index contributed by atoms with van der Waals surface area (Å²) in [6, 6.07) is 34.4. The molecule has 0 spiro atoms. The van der Waals surface area contributed by atoms with E-state index in [1.807, 2.05) is 36.4 Å². The molecule has 0 atom stereocenters. The van der Waals surface area contributed by atoms with Crippen LogP contribution in [0.15, 0.2) is 103 Å². The van der Waals surface area contributed by atoms with Gasteiger partial charge in [-0.3, -0.25) is 0 Å². The minimum absolute atomic E-state index is 0.0651. The SMILES string of the molecule is OB(O)c1ccccc1N(c1ccccc1)C1c2ccccc2-c2ccccc21. The van der Waals surface area contributed by atoms with Gasteiger partial charge >= 0.3 is 7.12 Å². The van der Waals surface area contributed by atoms with Crippen molar-refractivity contribution in [3.05, 3.63) is 114 Å². The van der Waals surface area contributed by atoms with Gasteiger partial charge in [-0.1, -0.05) is 84.9 Å². The topological polar surface area (TPSA) is 43.7 Å². The third-order valence-corrected chi connectivity index (χ3v) is 5.57. The summed E-state index contributed by atoms with van der Waals surface area (Å²) >= 11 is 0. The Hall–Kier alpha value is -3.34. The van der Waals surface area contributed by atoms with Crippen molar-refractivity contribution in [1.82, 2.24) is 0 Å². The van der Waals surface area contributed by atoms with Crippen molar-refractivity contribution < 1.29 is 10.0 Å². The summed E-state index contributed by atoms with van der Waals surface area (Å²) in [5.74, 6) is 0. The summed E-state index contributed by atoms with van der Waals surface area (Å²) in [6.07, 6.45) is 0. The van der Waals surface area contributed by atoms with Gasteiger partial charge in [0.2, 0.25) is 0 Å². The molecular weight excluding hydrogens is 357 g/mol. The summed E-state index contributed by atoms with van der Waals surface area (Å²) in [4.78, 5) is 2.21. The van der Waals surface area contributed by atoms with Gasteiger partial charge in [-0.05, 0) is 40.5 Å². The Morgan fingerprint density at radius 2 is 1.10 bits per heavy atom. The smallest absolute Gasteiger partial charge is 0.423 e. The molecule has 0 bridgehead atoms. The summed E-state index contributed by atoms with van der Waals surface area (Å²) in [5, 5.41) is 20.1. The maximum absolute atomic E-state index is 10.1. The number of anilines is 2. The predicted octanol–water partition coefficient (Wildman–Crippen LogP) is 4.27. The number of para-hydroxylation sites is 2. The van der Waals surface area contributed by atoms with Crippen LogP contribution < -0.4 is 10.4 Å². The largest absolute Gasteiger partial charge is 0.490 e. The molecule has 0 unspecified atom stereocenters. The van der Waals surface area contributed by atoms with Crippen molar-refractivity contribution in [2.75, 3.05) is 4.90 Å². The van der Waals surface area contributed by atoms with E-state index in [0.29, 0.717) is 5.46 Å². The summed E-state index contributed by atoms with van der Waals surface area (Å²) in [5.41, 5.74) is 7.12. The molecule has 0 radical (unpaired) electrons. The first-order valence-electron chi connectivity index (χ1n) is 9.73. The van der Waals surface area contributed by atoms with Crippen LogP contribution in [0.3, 0.4) is 0 Å². The molecule has 0 heterocycles. The lowest BCUT2D eigenvalue weighted by Crippen LogP contribution is -2.36. The molecule has 0 saturated carbocycles. The average Bonchev–Trinajstić information content (AvgIpc) is 3.10. The van der Waals surface area contributed by atoms with E-state index in [9.17, 15) is 10.0 Å². The van der Waals surface area contributed by atoms with Gasteiger partial charge < -0.3 is 14.9 Å². The zero-order valence-electron chi connectivity index (χ0n) is 15.8. The average molecular weight is 377 g/mol. The number of nitrogens with zero attached hydrogens (tertiary/aromatic N) is 1. The molecule has 0 aromatic heterocycles. The van der Waals surface area contributed by atoms with Crippen molar-refractivity contribution in [1.29, 1.82) is 0 Å². The molecule has 0 aliphatic heterocycles. The van der Waals surface area contributed by atoms with Crippen molar-refractivity contribution in [3.8, 4) is 11.1 Å². The second-order valence-electron chi connectivity index (χ2n) is 7.22. The number of rotatable bonds is 4. The Labute approximate surface area is 170 Å². The van der Waals surface area contributed by atoms with Crippen molar-refractivity contribution in [3.63, 3.8) is 0 Å². The molecule has 1 aliphatic carbocycles. The summed E-state index contributed by atoms with van der Waals surface area (Å²) < 4.78 is 0. The fourth-order valence-corrected chi connectivity index (χ4v) is 4.35. The molecule has 0 saturated heterocycles. The number of hydrogen-bond acceptors (Lipinski definition) is 3. The van der Waals surface area contributed by atoms with E-state index in [2.05, 4.69) is 65.6 Å². The van der Waals surface area contributed by atoms with E-state index in [1.165, 1.54) is 22.3 Å². The first-order chi connectivity index (χ1) is 14.3. The van der Waals surface area contributed by atoms with Crippen molar-refractivity contribution in [2.24, 2.45) is 0 Å². The maximum Gasteiger partial charge on any atom is 0.490 e. The third-order valence-electron chi connectivity index (χ3n) is 5.57. The molecule has 0 fully saturated rings. The molecule has 4 heteroatoms. The van der Waals surface area contributed by atoms with E-state index >= 15 is 0 Å². The highest BCUT2D eigenvalue weighted by molar-refractivity contribution is 6.60. The van der Waals surface area contributed by atoms with Gasteiger partial charge in [-0.15, -0.1) is 0 Å². The monoisotopic (exact) mass is 377 g/mol. The van der Waals surface area contributed by atoms with Gasteiger partial charge in [0.15, 0.2) is 0 Å². The van der Waals surface area contributed by atoms with E-state index < -0.39 is 7.12 Å². The number of hydrogen-bond donors (Lipinski definition) is 2. The highest BCUT2D eigenvalue weighted by Gasteiger charge is 2.35. The lowest BCUT2D eigenvalue weighted by Gasteiger charge is -2.34. The Balaban J connectivity index is 1.80. The van der Waals surface area contributed by atoms with Crippen LogP contribution in [0.4, 0.5) is 11.4 Å². The Bertz CT molecular complexity index is 1110. The first kappa shape index (κ1) is 17.7. The first-order valence-corrected chi connectivity index (χ1v) is 9.73. The molecule has 140 valence electrons. The van der Waals surface area contributed by atoms with E-state index in [0.717, 1.165) is 11.4 Å². The minimum atomic E-state index is -1.55. The fourth-order valence-electron chi connectivity index (χ4n) is 4.35. The fraction of sp³-hybridized carbons (Fsp3) is 0.0400. The quantitative estimate of drug-likeness (QED) is 0.522. The predicted molar refractivity (Wildman–Crippen MR) is 119 cm³/mol. The van der Waals surface area contributed by atoms with Crippen LogP contribution in [-0.2, 0) is 0 Å². The molecule has 0 amide bonds. The standard InChI is InChI=1S/C25H20BNO2/c28-26(29)23-16-8-9-17-24(23)27(18-10-2-1-3-11-18)25-21-14-6-4-12-19(21)20-13-5-7-15-22(20)25/h1-17,25,28-29H. The van der Waals surface area contributed by atoms with Crippen LogP contribution in [0.2, 0.25) is 0 Å². The highest BCUT2D eigenvalue weighted by atomic mass is 16.4. The highest BCUT2D eigenvalue weighted by Crippen LogP contribution is 2.49. The molecule has 2 N–H and O–H groups in total. The molecule has 29 heavy (non-hydrogen) atoms. The number of fused-ring (bicyclic) bond motifs is 3. The maximum atomic E-state index is 10.1. The molecule has 5 rings (SSSR count). The molecular formula is C25H20BNO2. The normalized spacial score (nSPS) is 12.3. The second kappa shape index (κ2) is 7.24. The van der Waals surface area contributed by atoms with Gasteiger partial charge in [0.1, 0.15) is 0 Å². The van der Waals surface area contributed by atoms with Crippen LogP contribution in [0.25, 0.3) is 11.1 Å². The lowest BCUT2D eigenvalue weighted by molar-refractivity contribution is 0.426. The van der Waals surface area contributed by atoms with E-state index in [1.54, 1.807) is 6.07 Å². The van der Waals surface area contributed by atoms with Crippen LogP contribution in [0, 0.1) is 0 Å². The third kappa shape index (κ3) is 2.94. The Morgan fingerprint density at radius 3 is 1.72 bits per heavy atom. The van der Waals surface area contributed by atoms with Crippen LogP contribution in [0.5, 0.6) is 0 Å². The molecule has 4 aromatic rings. The van der Waals surface area contributed by atoms with E-state index in [4.69, 9.17) is 0 Å². The lowest BCUT2D eigenvalue weighted by atomic mass is 9.78. The molecule has 1 aliphatic rings. The summed E-state index contributed by atoms with van der Waals surface area (Å²) in [7, 11) is -1.55. The zero-order chi connectivity index (χ0) is 19.8.